The third-order valence-electron chi connectivity index (χ3n) is 3.97. The van der Waals surface area contributed by atoms with E-state index >= 15 is 0 Å². The monoisotopic (exact) mass is 372 g/mol. The maximum Gasteiger partial charge on any atom is 0.218 e. The van der Waals surface area contributed by atoms with E-state index in [9.17, 15) is 0 Å². The van der Waals surface area contributed by atoms with Crippen molar-refractivity contribution in [2.75, 3.05) is 41.5 Å². The zero-order valence-electron chi connectivity index (χ0n) is 16.4. The summed E-state index contributed by atoms with van der Waals surface area (Å²) in [4.78, 5) is 10.7. The van der Waals surface area contributed by atoms with Gasteiger partial charge in [-0.05, 0) is 23.8 Å². The smallest absolute Gasteiger partial charge is 0.218 e. The first-order chi connectivity index (χ1) is 13.2. The molecule has 0 saturated carbocycles. The lowest BCUT2D eigenvalue weighted by atomic mass is 10.2. The Morgan fingerprint density at radius 2 is 1.93 bits per heavy atom. The minimum absolute atomic E-state index is 0.465. The number of benzene rings is 1. The molecule has 0 bridgehead atoms. The van der Waals surface area contributed by atoms with E-state index in [-0.39, 0.29) is 0 Å². The largest absolute Gasteiger partial charge is 0.497 e. The predicted molar refractivity (Wildman–Crippen MR) is 106 cm³/mol. The lowest BCUT2D eigenvalue weighted by Gasteiger charge is -2.22. The molecule has 0 saturated heterocycles. The Hall–Kier alpha value is -2.80. The van der Waals surface area contributed by atoms with Gasteiger partial charge < -0.3 is 24.4 Å². The Balaban J connectivity index is 1.94. The van der Waals surface area contributed by atoms with E-state index in [2.05, 4.69) is 20.2 Å². The number of nitrogens with zero attached hydrogens (tertiary/aromatic N) is 3. The van der Waals surface area contributed by atoms with Crippen LogP contribution in [-0.2, 0) is 17.8 Å². The Morgan fingerprint density at radius 3 is 2.59 bits per heavy atom. The molecule has 0 amide bonds. The number of hydrogen-bond acceptors (Lipinski definition) is 5. The van der Waals surface area contributed by atoms with Crippen molar-refractivity contribution in [1.29, 1.82) is 0 Å². The average molecular weight is 372 g/mol. The Kier molecular flexibility index (Phi) is 8.38. The zero-order valence-corrected chi connectivity index (χ0v) is 16.4. The Labute approximate surface area is 161 Å². The van der Waals surface area contributed by atoms with Crippen LogP contribution in [0.5, 0.6) is 11.6 Å². The van der Waals surface area contributed by atoms with Crippen LogP contribution in [0.2, 0.25) is 0 Å². The number of methoxy groups -OCH3 is 2. The number of hydrogen-bond donors (Lipinski definition) is 1. The number of guanidine groups is 1. The average Bonchev–Trinajstić information content (AvgIpc) is 2.70. The van der Waals surface area contributed by atoms with Gasteiger partial charge in [-0.3, -0.25) is 4.99 Å². The Bertz CT molecular complexity index is 719. The number of pyridine rings is 1. The fourth-order valence-corrected chi connectivity index (χ4v) is 2.55. The SMILES string of the molecule is CN=C(NCc1cccnc1OCCOC)N(C)Cc1ccc(OC)cc1. The first kappa shape index (κ1) is 20.5. The lowest BCUT2D eigenvalue weighted by molar-refractivity contribution is 0.143. The maximum absolute atomic E-state index is 5.68. The molecule has 146 valence electrons. The molecule has 0 spiro atoms. The van der Waals surface area contributed by atoms with Gasteiger partial charge in [0.1, 0.15) is 12.4 Å². The molecule has 0 radical (unpaired) electrons. The molecule has 7 nitrogen and oxygen atoms in total. The van der Waals surface area contributed by atoms with Gasteiger partial charge >= 0.3 is 0 Å². The summed E-state index contributed by atoms with van der Waals surface area (Å²) in [6.07, 6.45) is 1.72. The van der Waals surface area contributed by atoms with Crippen LogP contribution in [-0.4, -0.2) is 57.4 Å². The summed E-state index contributed by atoms with van der Waals surface area (Å²) in [5.41, 5.74) is 2.14. The summed E-state index contributed by atoms with van der Waals surface area (Å²) >= 11 is 0. The fourth-order valence-electron chi connectivity index (χ4n) is 2.55. The maximum atomic E-state index is 5.68. The van der Waals surface area contributed by atoms with E-state index in [1.165, 1.54) is 5.56 Å². The second-order valence-electron chi connectivity index (χ2n) is 5.91. The summed E-state index contributed by atoms with van der Waals surface area (Å²) in [5, 5.41) is 3.36. The molecule has 0 fully saturated rings. The van der Waals surface area contributed by atoms with Crippen molar-refractivity contribution in [3.8, 4) is 11.6 Å². The van der Waals surface area contributed by atoms with Gasteiger partial charge in [0.15, 0.2) is 5.96 Å². The molecule has 0 unspecified atom stereocenters. The van der Waals surface area contributed by atoms with Gasteiger partial charge in [0, 0.05) is 46.1 Å². The summed E-state index contributed by atoms with van der Waals surface area (Å²) in [5.74, 6) is 2.24. The van der Waals surface area contributed by atoms with Crippen molar-refractivity contribution in [3.05, 3.63) is 53.7 Å². The number of nitrogens with one attached hydrogen (secondary N) is 1. The van der Waals surface area contributed by atoms with Gasteiger partial charge in [-0.2, -0.15) is 0 Å². The van der Waals surface area contributed by atoms with Crippen LogP contribution in [0.15, 0.2) is 47.6 Å². The molecule has 27 heavy (non-hydrogen) atoms. The number of rotatable bonds is 9. The number of ether oxygens (including phenoxy) is 3. The normalized spacial score (nSPS) is 11.2. The van der Waals surface area contributed by atoms with E-state index in [1.54, 1.807) is 27.5 Å². The van der Waals surface area contributed by atoms with Crippen LogP contribution in [0.25, 0.3) is 0 Å². The molecule has 0 aliphatic carbocycles. The molecule has 0 atom stereocenters. The van der Waals surface area contributed by atoms with E-state index in [4.69, 9.17) is 14.2 Å². The standard InChI is InChI=1S/C20H28N4O3/c1-21-20(24(2)15-16-7-9-18(26-4)10-8-16)23-14-17-6-5-11-22-19(17)27-13-12-25-3/h5-11H,12-15H2,1-4H3,(H,21,23). The summed E-state index contributed by atoms with van der Waals surface area (Å²) in [6.45, 7) is 2.28. The first-order valence-electron chi connectivity index (χ1n) is 8.78. The molecule has 0 aliphatic heterocycles. The molecule has 7 heteroatoms. The molecule has 1 heterocycles. The topological polar surface area (TPSA) is 68.2 Å². The fraction of sp³-hybridized carbons (Fsp3) is 0.400. The molecule has 1 aromatic heterocycles. The minimum Gasteiger partial charge on any atom is -0.497 e. The quantitative estimate of drug-likeness (QED) is 0.414. The highest BCUT2D eigenvalue weighted by Gasteiger charge is 2.10. The van der Waals surface area contributed by atoms with Crippen molar-refractivity contribution in [3.63, 3.8) is 0 Å². The molecule has 1 aromatic carbocycles. The molecular formula is C20H28N4O3. The summed E-state index contributed by atoms with van der Waals surface area (Å²) in [6, 6.07) is 11.9. The van der Waals surface area contributed by atoms with Crippen LogP contribution in [0, 0.1) is 0 Å². The van der Waals surface area contributed by atoms with E-state index in [0.717, 1.165) is 23.8 Å². The van der Waals surface area contributed by atoms with Crippen molar-refractivity contribution in [1.82, 2.24) is 15.2 Å². The lowest BCUT2D eigenvalue weighted by Crippen LogP contribution is -2.38. The van der Waals surface area contributed by atoms with E-state index in [1.807, 2.05) is 43.4 Å². The second kappa shape index (κ2) is 11.0. The molecule has 0 aliphatic rings. The third-order valence-corrected chi connectivity index (χ3v) is 3.97. The molecule has 1 N–H and O–H groups in total. The highest BCUT2D eigenvalue weighted by Crippen LogP contribution is 2.15. The van der Waals surface area contributed by atoms with Crippen molar-refractivity contribution in [2.24, 2.45) is 4.99 Å². The van der Waals surface area contributed by atoms with Crippen molar-refractivity contribution in [2.45, 2.75) is 13.1 Å². The van der Waals surface area contributed by atoms with Gasteiger partial charge in [0.05, 0.1) is 13.7 Å². The van der Waals surface area contributed by atoms with Crippen LogP contribution >= 0.6 is 0 Å². The molecule has 2 aromatic rings. The van der Waals surface area contributed by atoms with E-state index in [0.29, 0.717) is 25.6 Å². The minimum atomic E-state index is 0.465. The van der Waals surface area contributed by atoms with Gasteiger partial charge in [0.2, 0.25) is 5.88 Å². The van der Waals surface area contributed by atoms with Gasteiger partial charge in [-0.15, -0.1) is 0 Å². The predicted octanol–water partition coefficient (Wildman–Crippen LogP) is 2.32. The number of aromatic nitrogens is 1. The van der Waals surface area contributed by atoms with Gasteiger partial charge in [-0.1, -0.05) is 18.2 Å². The second-order valence-corrected chi connectivity index (χ2v) is 5.91. The van der Waals surface area contributed by atoms with Gasteiger partial charge in [0.25, 0.3) is 0 Å². The van der Waals surface area contributed by atoms with E-state index < -0.39 is 0 Å². The number of aliphatic imine (C=N–C) groups is 1. The highest BCUT2D eigenvalue weighted by atomic mass is 16.5. The van der Waals surface area contributed by atoms with Crippen LogP contribution < -0.4 is 14.8 Å². The van der Waals surface area contributed by atoms with Crippen LogP contribution in [0.4, 0.5) is 0 Å². The highest BCUT2D eigenvalue weighted by molar-refractivity contribution is 5.79. The van der Waals surface area contributed by atoms with Gasteiger partial charge in [-0.25, -0.2) is 4.98 Å². The molecule has 2 rings (SSSR count). The summed E-state index contributed by atoms with van der Waals surface area (Å²) in [7, 11) is 7.08. The van der Waals surface area contributed by atoms with Crippen molar-refractivity contribution < 1.29 is 14.2 Å². The Morgan fingerprint density at radius 1 is 1.15 bits per heavy atom. The third kappa shape index (κ3) is 6.45. The summed E-state index contributed by atoms with van der Waals surface area (Å²) < 4.78 is 15.9. The van der Waals surface area contributed by atoms with Crippen molar-refractivity contribution >= 4 is 5.96 Å². The first-order valence-corrected chi connectivity index (χ1v) is 8.78. The zero-order chi connectivity index (χ0) is 19.5. The van der Waals surface area contributed by atoms with Crippen LogP contribution in [0.1, 0.15) is 11.1 Å². The molecular weight excluding hydrogens is 344 g/mol. The van der Waals surface area contributed by atoms with Crippen LogP contribution in [0.3, 0.4) is 0 Å².